The Morgan fingerprint density at radius 2 is 1.96 bits per heavy atom. The number of aromatic nitrogens is 1. The number of aromatic amines is 1. The van der Waals surface area contributed by atoms with Crippen molar-refractivity contribution >= 4 is 28.1 Å². The van der Waals surface area contributed by atoms with Gasteiger partial charge < -0.3 is 10.3 Å². The molecule has 27 heavy (non-hydrogen) atoms. The summed E-state index contributed by atoms with van der Waals surface area (Å²) in [6.45, 7) is 0.537. The molecule has 4 nitrogen and oxygen atoms in total. The summed E-state index contributed by atoms with van der Waals surface area (Å²) in [6.07, 6.45) is 2.64. The summed E-state index contributed by atoms with van der Waals surface area (Å²) >= 11 is 1.66. The van der Waals surface area contributed by atoms with Crippen LogP contribution in [-0.4, -0.2) is 17.4 Å². The number of fused-ring (bicyclic) bond motifs is 1. The Balaban J connectivity index is 1.39. The van der Waals surface area contributed by atoms with Crippen molar-refractivity contribution in [3.05, 3.63) is 82.2 Å². The first-order chi connectivity index (χ1) is 13.2. The van der Waals surface area contributed by atoms with Gasteiger partial charge in [-0.3, -0.25) is 4.79 Å². The van der Waals surface area contributed by atoms with E-state index in [0.717, 1.165) is 22.0 Å². The molecule has 4 rings (SSSR count). The Morgan fingerprint density at radius 3 is 2.70 bits per heavy atom. The van der Waals surface area contributed by atoms with Gasteiger partial charge in [0.2, 0.25) is 0 Å². The first kappa shape index (κ1) is 17.1. The van der Waals surface area contributed by atoms with E-state index >= 15 is 0 Å². The molecule has 0 spiro atoms. The van der Waals surface area contributed by atoms with E-state index in [1.807, 2.05) is 48.0 Å². The number of nitrogens with zero attached hydrogens (tertiary/aromatic N) is 1. The molecule has 0 aliphatic heterocycles. The van der Waals surface area contributed by atoms with Crippen molar-refractivity contribution in [1.82, 2.24) is 10.3 Å². The number of H-pyrrole nitrogens is 1. The molecule has 5 heteroatoms. The van der Waals surface area contributed by atoms with Crippen LogP contribution in [0.5, 0.6) is 0 Å². The number of nitriles is 1. The number of hydrogen-bond donors (Lipinski definition) is 2. The SMILES string of the molecule is N#Cc1ccc2[nH]cc(CCNC(=O)c3ccc(-c4ccsc4)cc3)c2c1. The second-order valence-electron chi connectivity index (χ2n) is 6.28. The minimum Gasteiger partial charge on any atom is -0.361 e. The van der Waals surface area contributed by atoms with Crippen molar-refractivity contribution < 1.29 is 4.79 Å². The van der Waals surface area contributed by atoms with Crippen LogP contribution >= 0.6 is 11.3 Å². The van der Waals surface area contributed by atoms with Crippen LogP contribution in [0.15, 0.2) is 65.5 Å². The van der Waals surface area contributed by atoms with Gasteiger partial charge in [-0.1, -0.05) is 12.1 Å². The van der Waals surface area contributed by atoms with Gasteiger partial charge >= 0.3 is 0 Å². The molecule has 0 aliphatic rings. The minimum absolute atomic E-state index is 0.0792. The van der Waals surface area contributed by atoms with Crippen LogP contribution in [0.25, 0.3) is 22.0 Å². The molecule has 0 aliphatic carbocycles. The predicted molar refractivity (Wildman–Crippen MR) is 109 cm³/mol. The van der Waals surface area contributed by atoms with E-state index in [4.69, 9.17) is 5.26 Å². The summed E-state index contributed by atoms with van der Waals surface area (Å²) in [4.78, 5) is 15.6. The summed E-state index contributed by atoms with van der Waals surface area (Å²) in [5.74, 6) is -0.0792. The number of rotatable bonds is 5. The second kappa shape index (κ2) is 7.48. The van der Waals surface area contributed by atoms with Crippen molar-refractivity contribution in [3.8, 4) is 17.2 Å². The van der Waals surface area contributed by atoms with E-state index in [9.17, 15) is 4.79 Å². The summed E-state index contributed by atoms with van der Waals surface area (Å²) in [7, 11) is 0. The molecule has 1 amide bonds. The maximum atomic E-state index is 12.4. The first-order valence-corrected chi connectivity index (χ1v) is 9.60. The molecule has 2 heterocycles. The Bertz CT molecular complexity index is 1120. The molecule has 0 atom stereocenters. The van der Waals surface area contributed by atoms with Crippen LogP contribution in [0.1, 0.15) is 21.5 Å². The van der Waals surface area contributed by atoms with Gasteiger partial charge in [-0.15, -0.1) is 0 Å². The fraction of sp³-hybridized carbons (Fsp3) is 0.0909. The quantitative estimate of drug-likeness (QED) is 0.532. The summed E-state index contributed by atoms with van der Waals surface area (Å²) in [5, 5.41) is 17.2. The molecular formula is C22H17N3OS. The zero-order valence-electron chi connectivity index (χ0n) is 14.5. The predicted octanol–water partition coefficient (Wildman–Crippen LogP) is 4.74. The van der Waals surface area contributed by atoms with Crippen molar-refractivity contribution in [2.75, 3.05) is 6.54 Å². The van der Waals surface area contributed by atoms with Gasteiger partial charge in [-0.25, -0.2) is 0 Å². The Kier molecular flexibility index (Phi) is 4.73. The number of hydrogen-bond acceptors (Lipinski definition) is 3. The van der Waals surface area contributed by atoms with E-state index in [0.29, 0.717) is 24.1 Å². The molecule has 2 N–H and O–H groups in total. The number of carbonyl (C=O) groups is 1. The van der Waals surface area contributed by atoms with Gasteiger partial charge in [-0.05, 0) is 70.3 Å². The highest BCUT2D eigenvalue weighted by Gasteiger charge is 2.08. The standard InChI is InChI=1S/C22H17N3OS/c23-12-15-1-6-21-20(11-15)18(13-25-21)7-9-24-22(26)17-4-2-16(3-5-17)19-8-10-27-14-19/h1-6,8,10-11,13-14,25H,7,9H2,(H,24,26). The maximum Gasteiger partial charge on any atom is 0.251 e. The largest absolute Gasteiger partial charge is 0.361 e. The van der Waals surface area contributed by atoms with Gasteiger partial charge in [0.25, 0.3) is 5.91 Å². The molecule has 2 aromatic carbocycles. The molecule has 0 unspecified atom stereocenters. The van der Waals surface area contributed by atoms with Crippen LogP contribution in [0.4, 0.5) is 0 Å². The van der Waals surface area contributed by atoms with Crippen molar-refractivity contribution in [3.63, 3.8) is 0 Å². The molecule has 2 aromatic heterocycles. The van der Waals surface area contributed by atoms with E-state index in [-0.39, 0.29) is 5.91 Å². The summed E-state index contributed by atoms with van der Waals surface area (Å²) in [6, 6.07) is 17.5. The molecule has 0 bridgehead atoms. The van der Waals surface area contributed by atoms with Gasteiger partial charge in [0.15, 0.2) is 0 Å². The highest BCUT2D eigenvalue weighted by Crippen LogP contribution is 2.22. The molecule has 0 saturated carbocycles. The lowest BCUT2D eigenvalue weighted by Gasteiger charge is -2.06. The van der Waals surface area contributed by atoms with E-state index < -0.39 is 0 Å². The van der Waals surface area contributed by atoms with Gasteiger partial charge in [-0.2, -0.15) is 16.6 Å². The topological polar surface area (TPSA) is 68.7 Å². The van der Waals surface area contributed by atoms with Crippen molar-refractivity contribution in [1.29, 1.82) is 5.26 Å². The fourth-order valence-corrected chi connectivity index (χ4v) is 3.78. The summed E-state index contributed by atoms with van der Waals surface area (Å²) in [5.41, 5.74) is 5.66. The number of thiophene rings is 1. The molecule has 0 fully saturated rings. The van der Waals surface area contributed by atoms with Gasteiger partial charge in [0.05, 0.1) is 11.6 Å². The number of nitrogens with one attached hydrogen (secondary N) is 2. The fourth-order valence-electron chi connectivity index (χ4n) is 3.11. The van der Waals surface area contributed by atoms with Crippen LogP contribution in [0.3, 0.4) is 0 Å². The maximum absolute atomic E-state index is 12.4. The van der Waals surface area contributed by atoms with Gasteiger partial charge in [0.1, 0.15) is 0 Å². The van der Waals surface area contributed by atoms with Crippen LogP contribution in [-0.2, 0) is 6.42 Å². The second-order valence-corrected chi connectivity index (χ2v) is 7.06. The van der Waals surface area contributed by atoms with E-state index in [1.54, 1.807) is 17.4 Å². The Labute approximate surface area is 161 Å². The highest BCUT2D eigenvalue weighted by molar-refractivity contribution is 7.08. The van der Waals surface area contributed by atoms with Crippen LogP contribution in [0, 0.1) is 11.3 Å². The Hall–Kier alpha value is -3.36. The lowest BCUT2D eigenvalue weighted by Crippen LogP contribution is -2.25. The third-order valence-corrected chi connectivity index (χ3v) is 5.26. The van der Waals surface area contributed by atoms with Crippen LogP contribution < -0.4 is 5.32 Å². The van der Waals surface area contributed by atoms with Crippen LogP contribution in [0.2, 0.25) is 0 Å². The normalized spacial score (nSPS) is 10.6. The average molecular weight is 371 g/mol. The molecular weight excluding hydrogens is 354 g/mol. The summed E-state index contributed by atoms with van der Waals surface area (Å²) < 4.78 is 0. The third kappa shape index (κ3) is 3.62. The highest BCUT2D eigenvalue weighted by atomic mass is 32.1. The lowest BCUT2D eigenvalue weighted by molar-refractivity contribution is 0.0954. The van der Waals surface area contributed by atoms with Crippen molar-refractivity contribution in [2.45, 2.75) is 6.42 Å². The van der Waals surface area contributed by atoms with Crippen molar-refractivity contribution in [2.24, 2.45) is 0 Å². The average Bonchev–Trinajstić information content (AvgIpc) is 3.38. The van der Waals surface area contributed by atoms with E-state index in [1.165, 1.54) is 5.56 Å². The Morgan fingerprint density at radius 1 is 1.11 bits per heavy atom. The zero-order valence-corrected chi connectivity index (χ0v) is 15.3. The minimum atomic E-state index is -0.0792. The molecule has 0 saturated heterocycles. The van der Waals surface area contributed by atoms with Gasteiger partial charge in [0, 0.05) is 29.2 Å². The number of benzene rings is 2. The number of amides is 1. The molecule has 4 aromatic rings. The molecule has 132 valence electrons. The first-order valence-electron chi connectivity index (χ1n) is 8.65. The monoisotopic (exact) mass is 371 g/mol. The molecule has 0 radical (unpaired) electrons. The smallest absolute Gasteiger partial charge is 0.251 e. The number of carbonyl (C=O) groups excluding carboxylic acids is 1. The zero-order chi connectivity index (χ0) is 18.6. The lowest BCUT2D eigenvalue weighted by atomic mass is 10.1. The third-order valence-electron chi connectivity index (χ3n) is 4.58. The van der Waals surface area contributed by atoms with E-state index in [2.05, 4.69) is 27.8 Å².